The molecule has 0 saturated carbocycles. The van der Waals surface area contributed by atoms with Gasteiger partial charge in [-0.1, -0.05) is 0 Å². The summed E-state index contributed by atoms with van der Waals surface area (Å²) < 4.78 is 53.9. The summed E-state index contributed by atoms with van der Waals surface area (Å²) >= 11 is 0. The average molecular weight is 479 g/mol. The molecule has 13 heteroatoms. The van der Waals surface area contributed by atoms with Gasteiger partial charge in [-0.2, -0.15) is 18.3 Å². The van der Waals surface area contributed by atoms with Crippen molar-refractivity contribution in [3.05, 3.63) is 47.0 Å². The van der Waals surface area contributed by atoms with Gasteiger partial charge in [0.1, 0.15) is 5.82 Å². The number of urea groups is 1. The maximum atomic E-state index is 13.5. The normalized spacial score (nSPS) is 14.4. The van der Waals surface area contributed by atoms with Crippen LogP contribution < -0.4 is 20.9 Å². The number of rotatable bonds is 3. The van der Waals surface area contributed by atoms with E-state index in [2.05, 4.69) is 26.0 Å². The number of nitrogens with zero attached hydrogens (tertiary/aromatic N) is 4. The van der Waals surface area contributed by atoms with Gasteiger partial charge in [-0.25, -0.2) is 14.2 Å². The minimum absolute atomic E-state index is 0.121. The van der Waals surface area contributed by atoms with Crippen LogP contribution in [-0.2, 0) is 13.2 Å². The summed E-state index contributed by atoms with van der Waals surface area (Å²) in [5.74, 6) is -2.26. The number of carbonyl (C=O) groups excluding carboxylic acids is 2. The van der Waals surface area contributed by atoms with Crippen LogP contribution in [0.15, 0.2) is 24.4 Å². The number of aromatic nitrogens is 3. The molecule has 34 heavy (non-hydrogen) atoms. The van der Waals surface area contributed by atoms with E-state index in [1.54, 1.807) is 18.7 Å². The second kappa shape index (κ2) is 8.89. The van der Waals surface area contributed by atoms with Crippen LogP contribution in [-0.4, -0.2) is 52.9 Å². The number of halogens is 4. The molecule has 0 atom stereocenters. The van der Waals surface area contributed by atoms with E-state index in [4.69, 9.17) is 0 Å². The second-order valence-corrected chi connectivity index (χ2v) is 7.77. The number of piperazine rings is 1. The van der Waals surface area contributed by atoms with Crippen molar-refractivity contribution in [2.24, 2.45) is 7.05 Å². The Labute approximate surface area is 191 Å². The van der Waals surface area contributed by atoms with Gasteiger partial charge in [0.2, 0.25) is 0 Å². The highest BCUT2D eigenvalue weighted by molar-refractivity contribution is 6.13. The Morgan fingerprint density at radius 2 is 1.88 bits per heavy atom. The van der Waals surface area contributed by atoms with Crippen LogP contribution in [0.3, 0.4) is 0 Å². The van der Waals surface area contributed by atoms with Gasteiger partial charge in [-0.15, -0.1) is 0 Å². The van der Waals surface area contributed by atoms with Crippen molar-refractivity contribution in [2.75, 3.05) is 36.4 Å². The first-order valence-electron chi connectivity index (χ1n) is 10.3. The van der Waals surface area contributed by atoms with Crippen molar-refractivity contribution >= 4 is 34.3 Å². The summed E-state index contributed by atoms with van der Waals surface area (Å²) in [6.07, 6.45) is -3.60. The molecule has 3 amide bonds. The third kappa shape index (κ3) is 4.51. The molecule has 0 unspecified atom stereocenters. The Bertz CT molecular complexity index is 1270. The fraction of sp³-hybridized carbons (Fsp3) is 0.333. The summed E-state index contributed by atoms with van der Waals surface area (Å²) in [5, 5.41) is 12.5. The number of hydrogen-bond donors (Lipinski definition) is 3. The van der Waals surface area contributed by atoms with Gasteiger partial charge in [0.15, 0.2) is 5.65 Å². The second-order valence-electron chi connectivity index (χ2n) is 7.77. The number of amides is 3. The number of pyridine rings is 1. The predicted octanol–water partition coefficient (Wildman–Crippen LogP) is 2.81. The van der Waals surface area contributed by atoms with Crippen LogP contribution in [0.2, 0.25) is 0 Å². The Morgan fingerprint density at radius 1 is 1.18 bits per heavy atom. The van der Waals surface area contributed by atoms with E-state index in [0.717, 1.165) is 6.07 Å². The van der Waals surface area contributed by atoms with Crippen LogP contribution in [0.25, 0.3) is 11.0 Å². The fourth-order valence-corrected chi connectivity index (χ4v) is 3.93. The van der Waals surface area contributed by atoms with E-state index < -0.39 is 29.5 Å². The predicted molar refractivity (Wildman–Crippen MR) is 116 cm³/mol. The van der Waals surface area contributed by atoms with Gasteiger partial charge in [0.05, 0.1) is 27.9 Å². The third-order valence-corrected chi connectivity index (χ3v) is 5.43. The number of nitrogens with one attached hydrogen (secondary N) is 3. The van der Waals surface area contributed by atoms with E-state index in [0.29, 0.717) is 60.7 Å². The molecule has 1 fully saturated rings. The molecule has 1 saturated heterocycles. The maximum Gasteiger partial charge on any atom is 0.419 e. The van der Waals surface area contributed by atoms with E-state index in [-0.39, 0.29) is 11.3 Å². The van der Waals surface area contributed by atoms with Crippen molar-refractivity contribution < 1.29 is 27.2 Å². The quantitative estimate of drug-likeness (QED) is 0.499. The molecule has 180 valence electrons. The highest BCUT2D eigenvalue weighted by Crippen LogP contribution is 2.34. The molecular weight excluding hydrogens is 458 g/mol. The lowest BCUT2D eigenvalue weighted by Gasteiger charge is -2.31. The van der Waals surface area contributed by atoms with Gasteiger partial charge in [-0.3, -0.25) is 14.8 Å². The molecule has 0 bridgehead atoms. The first kappa shape index (κ1) is 23.4. The van der Waals surface area contributed by atoms with Gasteiger partial charge in [-0.05, 0) is 25.1 Å². The maximum absolute atomic E-state index is 13.5. The zero-order valence-corrected chi connectivity index (χ0v) is 18.3. The topological polar surface area (TPSA) is 104 Å². The Kier molecular flexibility index (Phi) is 6.13. The summed E-state index contributed by atoms with van der Waals surface area (Å²) in [6, 6.07) is 0.941. The van der Waals surface area contributed by atoms with Crippen molar-refractivity contribution in [1.82, 2.24) is 25.4 Å². The molecule has 1 aliphatic heterocycles. The van der Waals surface area contributed by atoms with E-state index in [9.17, 15) is 27.2 Å². The minimum Gasteiger partial charge on any atom is -0.368 e. The highest BCUT2D eigenvalue weighted by atomic mass is 19.4. The van der Waals surface area contributed by atoms with Crippen LogP contribution in [0.1, 0.15) is 21.6 Å². The first-order chi connectivity index (χ1) is 16.1. The highest BCUT2D eigenvalue weighted by Gasteiger charge is 2.34. The first-order valence-corrected chi connectivity index (χ1v) is 10.3. The molecule has 2 aromatic heterocycles. The number of imide groups is 1. The molecule has 3 heterocycles. The van der Waals surface area contributed by atoms with Crippen molar-refractivity contribution in [2.45, 2.75) is 13.1 Å². The minimum atomic E-state index is -4.94. The molecule has 0 aliphatic carbocycles. The monoisotopic (exact) mass is 479 g/mol. The zero-order chi connectivity index (χ0) is 24.6. The molecule has 0 radical (unpaired) electrons. The van der Waals surface area contributed by atoms with Gasteiger partial charge in [0, 0.05) is 45.1 Å². The number of fused-ring (bicyclic) bond motifs is 1. The van der Waals surface area contributed by atoms with Crippen molar-refractivity contribution in [3.63, 3.8) is 0 Å². The lowest BCUT2D eigenvalue weighted by molar-refractivity contribution is -0.139. The zero-order valence-electron chi connectivity index (χ0n) is 18.3. The average Bonchev–Trinajstić information content (AvgIpc) is 3.07. The van der Waals surface area contributed by atoms with Crippen molar-refractivity contribution in [1.29, 1.82) is 0 Å². The van der Waals surface area contributed by atoms with E-state index >= 15 is 0 Å². The molecule has 1 aromatic carbocycles. The largest absolute Gasteiger partial charge is 0.419 e. The Hall–Kier alpha value is -3.74. The van der Waals surface area contributed by atoms with Crippen molar-refractivity contribution in [3.8, 4) is 0 Å². The van der Waals surface area contributed by atoms with Crippen LogP contribution >= 0.6 is 0 Å². The fourth-order valence-electron chi connectivity index (χ4n) is 3.93. The molecular formula is C21H21F4N7O2. The summed E-state index contributed by atoms with van der Waals surface area (Å²) in [5.41, 5.74) is 0.0679. The molecule has 0 spiro atoms. The summed E-state index contributed by atoms with van der Waals surface area (Å²) in [4.78, 5) is 31.7. The summed E-state index contributed by atoms with van der Waals surface area (Å²) in [6.45, 7) is 4.38. The van der Waals surface area contributed by atoms with E-state index in [1.807, 2.05) is 4.90 Å². The number of aryl methyl sites for hydroxylation is 2. The number of alkyl halides is 3. The lowest BCUT2D eigenvalue weighted by Crippen LogP contribution is -2.45. The number of benzene rings is 1. The van der Waals surface area contributed by atoms with Crippen LogP contribution in [0, 0.1) is 12.7 Å². The Morgan fingerprint density at radius 3 is 2.56 bits per heavy atom. The van der Waals surface area contributed by atoms with Gasteiger partial charge in [0.25, 0.3) is 5.91 Å². The number of carbonyl (C=O) groups is 2. The molecule has 4 rings (SSSR count). The SMILES string of the molecule is Cc1nn(C)c2ncc(C(=O)NC(=O)Nc3ccc(F)c(C(F)(F)F)c3)c(N3CCNCC3)c12. The molecule has 9 nitrogen and oxygen atoms in total. The van der Waals surface area contributed by atoms with Gasteiger partial charge >= 0.3 is 12.2 Å². The van der Waals surface area contributed by atoms with Gasteiger partial charge < -0.3 is 15.5 Å². The summed E-state index contributed by atoms with van der Waals surface area (Å²) in [7, 11) is 1.73. The molecule has 3 aromatic rings. The smallest absolute Gasteiger partial charge is 0.368 e. The van der Waals surface area contributed by atoms with Crippen LogP contribution in [0.4, 0.5) is 33.7 Å². The third-order valence-electron chi connectivity index (χ3n) is 5.43. The Balaban J connectivity index is 1.62. The molecule has 1 aliphatic rings. The van der Waals surface area contributed by atoms with Crippen LogP contribution in [0.5, 0.6) is 0 Å². The van der Waals surface area contributed by atoms with E-state index in [1.165, 1.54) is 6.20 Å². The number of hydrogen-bond acceptors (Lipinski definition) is 6. The lowest BCUT2D eigenvalue weighted by atomic mass is 10.1. The number of anilines is 2. The molecule has 3 N–H and O–H groups in total. The standard InChI is InChI=1S/C21H21F4N7O2/c1-11-16-17(32-7-5-26-6-8-32)13(10-27-18(16)31(2)30-11)19(33)29-20(34)28-12-3-4-15(22)14(9-12)21(23,24)25/h3-4,9-10,26H,5-8H2,1-2H3,(H2,28,29,33,34).